The monoisotopic (exact) mass is 345 g/mol. The Balaban J connectivity index is 1.76. The minimum absolute atomic E-state index is 0.443. The van der Waals surface area contributed by atoms with Crippen molar-refractivity contribution >= 4 is 5.65 Å². The lowest BCUT2D eigenvalue weighted by Crippen LogP contribution is -2.43. The molecule has 0 aliphatic carbocycles. The maximum Gasteiger partial charge on any atom is 0.137 e. The van der Waals surface area contributed by atoms with Crippen molar-refractivity contribution in [2.75, 3.05) is 26.2 Å². The van der Waals surface area contributed by atoms with Gasteiger partial charge in [0.1, 0.15) is 5.65 Å². The summed E-state index contributed by atoms with van der Waals surface area (Å²) in [7, 11) is 0. The van der Waals surface area contributed by atoms with E-state index < -0.39 is 0 Å². The zero-order valence-corrected chi connectivity index (χ0v) is 15.1. The summed E-state index contributed by atoms with van der Waals surface area (Å²) in [6.45, 7) is 7.17. The average molecular weight is 345 g/mol. The Morgan fingerprint density at radius 2 is 1.92 bits per heavy atom. The van der Waals surface area contributed by atoms with Gasteiger partial charge in [0.25, 0.3) is 0 Å². The highest BCUT2D eigenvalue weighted by Gasteiger charge is 2.18. The minimum atomic E-state index is 0.443. The molecule has 2 aromatic heterocycles. The summed E-state index contributed by atoms with van der Waals surface area (Å²) in [6.07, 6.45) is 2.57. The van der Waals surface area contributed by atoms with Crippen molar-refractivity contribution in [2.45, 2.75) is 19.9 Å². The zero-order valence-electron chi connectivity index (χ0n) is 15.1. The van der Waals surface area contributed by atoms with Gasteiger partial charge in [-0.2, -0.15) is 5.26 Å². The van der Waals surface area contributed by atoms with E-state index in [1.54, 1.807) is 0 Å². The van der Waals surface area contributed by atoms with Crippen LogP contribution in [0.4, 0.5) is 0 Å². The molecule has 1 aromatic carbocycles. The second-order valence-corrected chi connectivity index (χ2v) is 6.90. The van der Waals surface area contributed by atoms with Gasteiger partial charge in [0.15, 0.2) is 0 Å². The number of nitriles is 1. The SMILES string of the molecule is Cc1ccn2c(CN3CCNCC3)c(-c3ccc(CC#N)cc3)nc2c1. The van der Waals surface area contributed by atoms with Crippen LogP contribution < -0.4 is 5.32 Å². The van der Waals surface area contributed by atoms with Crippen LogP contribution in [0.25, 0.3) is 16.9 Å². The van der Waals surface area contributed by atoms with Crippen LogP contribution in [0.1, 0.15) is 16.8 Å². The van der Waals surface area contributed by atoms with E-state index in [2.05, 4.69) is 58.1 Å². The lowest BCUT2D eigenvalue weighted by Gasteiger charge is -2.27. The molecule has 1 fully saturated rings. The topological polar surface area (TPSA) is 56.4 Å². The molecule has 4 rings (SSSR count). The maximum absolute atomic E-state index is 8.88. The maximum atomic E-state index is 8.88. The van der Waals surface area contributed by atoms with Crippen molar-refractivity contribution in [3.63, 3.8) is 0 Å². The van der Waals surface area contributed by atoms with Crippen molar-refractivity contribution in [3.05, 3.63) is 59.4 Å². The average Bonchev–Trinajstić information content (AvgIpc) is 3.01. The number of piperazine rings is 1. The summed E-state index contributed by atoms with van der Waals surface area (Å²) >= 11 is 0. The van der Waals surface area contributed by atoms with Crippen LogP contribution in [-0.4, -0.2) is 40.5 Å². The predicted octanol–water partition coefficient (Wildman–Crippen LogP) is 2.78. The Labute approximate surface area is 153 Å². The quantitative estimate of drug-likeness (QED) is 0.790. The second-order valence-electron chi connectivity index (χ2n) is 6.90. The van der Waals surface area contributed by atoms with E-state index in [1.165, 1.54) is 11.3 Å². The first kappa shape index (κ1) is 16.8. The van der Waals surface area contributed by atoms with E-state index in [1.807, 2.05) is 12.1 Å². The molecule has 3 heterocycles. The molecule has 0 spiro atoms. The lowest BCUT2D eigenvalue weighted by atomic mass is 10.1. The third kappa shape index (κ3) is 3.34. The molecule has 1 aliphatic heterocycles. The largest absolute Gasteiger partial charge is 0.314 e. The van der Waals surface area contributed by atoms with Crippen molar-refractivity contribution < 1.29 is 0 Å². The van der Waals surface area contributed by atoms with Crippen LogP contribution in [0.3, 0.4) is 0 Å². The summed E-state index contributed by atoms with van der Waals surface area (Å²) < 4.78 is 2.22. The van der Waals surface area contributed by atoms with E-state index in [4.69, 9.17) is 10.2 Å². The lowest BCUT2D eigenvalue weighted by molar-refractivity contribution is 0.230. The van der Waals surface area contributed by atoms with Gasteiger partial charge in [-0.3, -0.25) is 4.90 Å². The molecule has 26 heavy (non-hydrogen) atoms. The van der Waals surface area contributed by atoms with E-state index in [0.717, 1.165) is 55.2 Å². The second kappa shape index (κ2) is 7.28. The molecule has 1 saturated heterocycles. The van der Waals surface area contributed by atoms with Gasteiger partial charge in [-0.05, 0) is 30.2 Å². The first-order valence-corrected chi connectivity index (χ1v) is 9.11. The molecule has 0 atom stereocenters. The minimum Gasteiger partial charge on any atom is -0.314 e. The molecule has 1 aliphatic rings. The molecule has 0 bridgehead atoms. The third-order valence-electron chi connectivity index (χ3n) is 4.97. The molecular weight excluding hydrogens is 322 g/mol. The van der Waals surface area contributed by atoms with Gasteiger partial charge in [0, 0.05) is 44.5 Å². The number of aryl methyl sites for hydroxylation is 1. The number of rotatable bonds is 4. The molecule has 3 aromatic rings. The van der Waals surface area contributed by atoms with Gasteiger partial charge in [-0.15, -0.1) is 0 Å². The number of hydrogen-bond acceptors (Lipinski definition) is 4. The smallest absolute Gasteiger partial charge is 0.137 e. The van der Waals surface area contributed by atoms with E-state index >= 15 is 0 Å². The Morgan fingerprint density at radius 1 is 1.15 bits per heavy atom. The molecule has 132 valence electrons. The number of aromatic nitrogens is 2. The van der Waals surface area contributed by atoms with Crippen LogP contribution in [0, 0.1) is 18.3 Å². The standard InChI is InChI=1S/C21H23N5/c1-16-7-11-26-19(15-25-12-9-23-10-13-25)21(24-20(26)14-16)18-4-2-17(3-5-18)6-8-22/h2-5,7,11,14,23H,6,9-10,12-13,15H2,1H3. The van der Waals surface area contributed by atoms with Crippen LogP contribution in [0.15, 0.2) is 42.6 Å². The van der Waals surface area contributed by atoms with Gasteiger partial charge in [0.05, 0.1) is 23.9 Å². The Bertz CT molecular complexity index is 943. The number of benzene rings is 1. The van der Waals surface area contributed by atoms with Crippen LogP contribution in [-0.2, 0) is 13.0 Å². The fourth-order valence-electron chi connectivity index (χ4n) is 3.53. The van der Waals surface area contributed by atoms with Crippen molar-refractivity contribution in [2.24, 2.45) is 0 Å². The number of imidazole rings is 1. The van der Waals surface area contributed by atoms with Gasteiger partial charge in [-0.25, -0.2) is 4.98 Å². The molecule has 0 saturated carbocycles. The predicted molar refractivity (Wildman–Crippen MR) is 103 cm³/mol. The van der Waals surface area contributed by atoms with Crippen LogP contribution >= 0.6 is 0 Å². The van der Waals surface area contributed by atoms with Crippen molar-refractivity contribution in [1.29, 1.82) is 5.26 Å². The Hall–Kier alpha value is -2.68. The number of pyridine rings is 1. The summed E-state index contributed by atoms with van der Waals surface area (Å²) in [4.78, 5) is 7.42. The van der Waals surface area contributed by atoms with Gasteiger partial charge in [0.2, 0.25) is 0 Å². The molecule has 5 nitrogen and oxygen atoms in total. The Kier molecular flexibility index (Phi) is 4.70. The fourth-order valence-corrected chi connectivity index (χ4v) is 3.53. The number of hydrogen-bond donors (Lipinski definition) is 1. The zero-order chi connectivity index (χ0) is 17.9. The molecule has 0 amide bonds. The van der Waals surface area contributed by atoms with Gasteiger partial charge in [-0.1, -0.05) is 24.3 Å². The summed E-state index contributed by atoms with van der Waals surface area (Å²) in [5.41, 5.74) is 6.63. The molecule has 5 heteroatoms. The van der Waals surface area contributed by atoms with E-state index in [0.29, 0.717) is 6.42 Å². The van der Waals surface area contributed by atoms with Crippen LogP contribution in [0.5, 0.6) is 0 Å². The van der Waals surface area contributed by atoms with Crippen molar-refractivity contribution in [1.82, 2.24) is 19.6 Å². The summed E-state index contributed by atoms with van der Waals surface area (Å²) in [5.74, 6) is 0. The molecule has 0 radical (unpaired) electrons. The molecular formula is C21H23N5. The van der Waals surface area contributed by atoms with Gasteiger partial charge >= 0.3 is 0 Å². The van der Waals surface area contributed by atoms with E-state index in [9.17, 15) is 0 Å². The normalized spacial score (nSPS) is 15.2. The number of nitrogens with zero attached hydrogens (tertiary/aromatic N) is 4. The fraction of sp³-hybridized carbons (Fsp3) is 0.333. The third-order valence-corrected chi connectivity index (χ3v) is 4.97. The van der Waals surface area contributed by atoms with E-state index in [-0.39, 0.29) is 0 Å². The molecule has 1 N–H and O–H groups in total. The Morgan fingerprint density at radius 3 is 2.65 bits per heavy atom. The first-order chi connectivity index (χ1) is 12.7. The highest BCUT2D eigenvalue weighted by atomic mass is 15.2. The number of nitrogens with one attached hydrogen (secondary N) is 1. The summed E-state index contributed by atoms with van der Waals surface area (Å²) in [6, 6.07) is 14.7. The highest BCUT2D eigenvalue weighted by Crippen LogP contribution is 2.26. The highest BCUT2D eigenvalue weighted by molar-refractivity contribution is 5.67. The molecule has 0 unspecified atom stereocenters. The van der Waals surface area contributed by atoms with Gasteiger partial charge < -0.3 is 9.72 Å². The van der Waals surface area contributed by atoms with Crippen LogP contribution in [0.2, 0.25) is 0 Å². The number of fused-ring (bicyclic) bond motifs is 1. The summed E-state index contributed by atoms with van der Waals surface area (Å²) in [5, 5.41) is 12.3. The van der Waals surface area contributed by atoms with Crippen molar-refractivity contribution in [3.8, 4) is 17.3 Å². The first-order valence-electron chi connectivity index (χ1n) is 9.11.